The van der Waals surface area contributed by atoms with Gasteiger partial charge in [0.2, 0.25) is 5.91 Å². The highest BCUT2D eigenvalue weighted by atomic mass is 16.4. The molecule has 2 fully saturated rings. The van der Waals surface area contributed by atoms with E-state index in [1.165, 1.54) is 6.42 Å². The maximum Gasteiger partial charge on any atom is 0.326 e. The normalized spacial score (nSPS) is 30.1. The van der Waals surface area contributed by atoms with Crippen molar-refractivity contribution in [3.05, 3.63) is 0 Å². The Kier molecular flexibility index (Phi) is 4.40. The summed E-state index contributed by atoms with van der Waals surface area (Å²) in [6, 6.07) is -0.409. The number of likely N-dealkylation sites (tertiary alicyclic amines) is 1. The Morgan fingerprint density at radius 3 is 2.45 bits per heavy atom. The molecule has 1 amide bonds. The van der Waals surface area contributed by atoms with E-state index < -0.39 is 12.0 Å². The number of carboxylic acids is 1. The van der Waals surface area contributed by atoms with E-state index in [4.69, 9.17) is 0 Å². The van der Waals surface area contributed by atoms with Crippen LogP contribution in [0.4, 0.5) is 0 Å². The highest BCUT2D eigenvalue weighted by molar-refractivity contribution is 5.84. The Hall–Kier alpha value is -1.06. The molecular formula is C16H27NO3. The lowest BCUT2D eigenvalue weighted by atomic mass is 9.84. The summed E-state index contributed by atoms with van der Waals surface area (Å²) in [5, 5.41) is 9.41. The van der Waals surface area contributed by atoms with Crippen LogP contribution in [0.5, 0.6) is 0 Å². The zero-order valence-electron chi connectivity index (χ0n) is 12.9. The fraction of sp³-hybridized carbons (Fsp3) is 0.875. The maximum absolute atomic E-state index is 12.5. The first-order valence-electron chi connectivity index (χ1n) is 7.83. The van der Waals surface area contributed by atoms with Crippen LogP contribution in [0.25, 0.3) is 0 Å². The molecule has 4 nitrogen and oxygen atoms in total. The van der Waals surface area contributed by atoms with Crippen LogP contribution >= 0.6 is 0 Å². The van der Waals surface area contributed by atoms with E-state index in [2.05, 4.69) is 20.8 Å². The molecule has 1 saturated carbocycles. The average molecular weight is 281 g/mol. The number of carbonyl (C=O) groups is 2. The average Bonchev–Trinajstić information content (AvgIpc) is 2.74. The van der Waals surface area contributed by atoms with Gasteiger partial charge < -0.3 is 10.0 Å². The highest BCUT2D eigenvalue weighted by Gasteiger charge is 2.47. The highest BCUT2D eigenvalue weighted by Crippen LogP contribution is 2.40. The van der Waals surface area contributed by atoms with E-state index in [9.17, 15) is 14.7 Å². The molecule has 0 spiro atoms. The van der Waals surface area contributed by atoms with Crippen LogP contribution in [0.1, 0.15) is 65.7 Å². The summed E-state index contributed by atoms with van der Waals surface area (Å²) >= 11 is 0. The summed E-state index contributed by atoms with van der Waals surface area (Å²) in [7, 11) is 0. The number of hydrogen-bond acceptors (Lipinski definition) is 2. The SMILES string of the molecule is CC(C)(C)CCC(=O)N1C(C(=O)O)CC2CCCCC21. The van der Waals surface area contributed by atoms with Crippen LogP contribution in [0.3, 0.4) is 0 Å². The monoisotopic (exact) mass is 281 g/mol. The van der Waals surface area contributed by atoms with Crippen molar-refractivity contribution in [2.24, 2.45) is 11.3 Å². The molecule has 3 unspecified atom stereocenters. The topological polar surface area (TPSA) is 57.6 Å². The quantitative estimate of drug-likeness (QED) is 0.865. The van der Waals surface area contributed by atoms with E-state index in [0.717, 1.165) is 25.7 Å². The first kappa shape index (κ1) is 15.3. The number of carbonyl (C=O) groups excluding carboxylic acids is 1. The van der Waals surface area contributed by atoms with Gasteiger partial charge >= 0.3 is 5.97 Å². The molecule has 0 aromatic carbocycles. The van der Waals surface area contributed by atoms with Crippen molar-refractivity contribution in [3.63, 3.8) is 0 Å². The van der Waals surface area contributed by atoms with Gasteiger partial charge in [-0.05, 0) is 37.0 Å². The number of carboxylic acid groups (broad SMARTS) is 1. The van der Waals surface area contributed by atoms with E-state index in [1.807, 2.05) is 0 Å². The molecule has 3 atom stereocenters. The Morgan fingerprint density at radius 2 is 1.85 bits per heavy atom. The van der Waals surface area contributed by atoms with Gasteiger partial charge in [-0.2, -0.15) is 0 Å². The van der Waals surface area contributed by atoms with Crippen LogP contribution in [-0.4, -0.2) is 34.0 Å². The standard InChI is InChI=1S/C16H27NO3/c1-16(2,3)9-8-14(18)17-12-7-5-4-6-11(12)10-13(17)15(19)20/h11-13H,4-10H2,1-3H3,(H,19,20). The number of nitrogens with zero attached hydrogens (tertiary/aromatic N) is 1. The zero-order chi connectivity index (χ0) is 14.9. The van der Waals surface area contributed by atoms with E-state index in [1.54, 1.807) is 4.90 Å². The summed E-state index contributed by atoms with van der Waals surface area (Å²) in [5.74, 6) is -0.381. The Balaban J connectivity index is 2.08. The molecule has 114 valence electrons. The molecule has 0 bridgehead atoms. The number of aliphatic carboxylic acids is 1. The number of fused-ring (bicyclic) bond motifs is 1. The summed E-state index contributed by atoms with van der Waals surface area (Å²) in [6.07, 6.45) is 6.30. The molecule has 1 aliphatic carbocycles. The number of amides is 1. The van der Waals surface area contributed by atoms with Gasteiger partial charge in [0.15, 0.2) is 0 Å². The second-order valence-electron chi connectivity index (χ2n) is 7.56. The second-order valence-corrected chi connectivity index (χ2v) is 7.56. The van der Waals surface area contributed by atoms with E-state index in [0.29, 0.717) is 18.8 Å². The van der Waals surface area contributed by atoms with E-state index in [-0.39, 0.29) is 17.4 Å². The minimum Gasteiger partial charge on any atom is -0.480 e. The fourth-order valence-electron chi connectivity index (χ4n) is 3.65. The van der Waals surface area contributed by atoms with Crippen LogP contribution in [0.15, 0.2) is 0 Å². The molecule has 2 rings (SSSR count). The van der Waals surface area contributed by atoms with Crippen LogP contribution < -0.4 is 0 Å². The van der Waals surface area contributed by atoms with Crippen LogP contribution in [0, 0.1) is 11.3 Å². The van der Waals surface area contributed by atoms with Crippen molar-refractivity contribution in [2.45, 2.75) is 77.8 Å². The lowest BCUT2D eigenvalue weighted by Gasteiger charge is -2.33. The third-order valence-corrected chi connectivity index (χ3v) is 4.75. The molecular weight excluding hydrogens is 254 g/mol. The number of hydrogen-bond donors (Lipinski definition) is 1. The van der Waals surface area contributed by atoms with Crippen molar-refractivity contribution in [1.29, 1.82) is 0 Å². The summed E-state index contributed by atoms with van der Waals surface area (Å²) in [6.45, 7) is 6.34. The lowest BCUT2D eigenvalue weighted by Crippen LogP contribution is -2.46. The molecule has 1 aliphatic heterocycles. The third kappa shape index (κ3) is 3.33. The van der Waals surface area contributed by atoms with Crippen molar-refractivity contribution in [1.82, 2.24) is 4.90 Å². The molecule has 2 aliphatic rings. The second kappa shape index (κ2) is 5.74. The van der Waals surface area contributed by atoms with Crippen molar-refractivity contribution < 1.29 is 14.7 Å². The third-order valence-electron chi connectivity index (χ3n) is 4.75. The van der Waals surface area contributed by atoms with Crippen LogP contribution in [0.2, 0.25) is 0 Å². The summed E-state index contributed by atoms with van der Waals surface area (Å²) in [4.78, 5) is 25.7. The molecule has 4 heteroatoms. The first-order chi connectivity index (χ1) is 9.29. The van der Waals surface area contributed by atoms with Crippen molar-refractivity contribution in [3.8, 4) is 0 Å². The number of rotatable bonds is 3. The molecule has 20 heavy (non-hydrogen) atoms. The van der Waals surface area contributed by atoms with Gasteiger partial charge in [-0.1, -0.05) is 33.6 Å². The van der Waals surface area contributed by atoms with Gasteiger partial charge in [-0.15, -0.1) is 0 Å². The minimum atomic E-state index is -0.830. The predicted molar refractivity (Wildman–Crippen MR) is 77.3 cm³/mol. The molecule has 1 heterocycles. The molecule has 1 N–H and O–H groups in total. The molecule has 1 saturated heterocycles. The largest absolute Gasteiger partial charge is 0.480 e. The first-order valence-corrected chi connectivity index (χ1v) is 7.83. The predicted octanol–water partition coefficient (Wildman–Crippen LogP) is 3.06. The Bertz CT molecular complexity index is 386. The van der Waals surface area contributed by atoms with Gasteiger partial charge in [-0.3, -0.25) is 4.79 Å². The maximum atomic E-state index is 12.5. The summed E-state index contributed by atoms with van der Waals surface area (Å²) < 4.78 is 0. The van der Waals surface area contributed by atoms with Crippen LogP contribution in [-0.2, 0) is 9.59 Å². The molecule has 0 aromatic heterocycles. The van der Waals surface area contributed by atoms with Gasteiger partial charge in [0.1, 0.15) is 6.04 Å². The summed E-state index contributed by atoms with van der Waals surface area (Å²) in [5.41, 5.74) is 0.111. The van der Waals surface area contributed by atoms with Gasteiger partial charge in [-0.25, -0.2) is 4.79 Å². The van der Waals surface area contributed by atoms with Gasteiger partial charge in [0.25, 0.3) is 0 Å². The molecule has 0 radical (unpaired) electrons. The zero-order valence-corrected chi connectivity index (χ0v) is 12.9. The van der Waals surface area contributed by atoms with Gasteiger partial charge in [0.05, 0.1) is 0 Å². The van der Waals surface area contributed by atoms with Gasteiger partial charge in [0, 0.05) is 12.5 Å². The minimum absolute atomic E-state index is 0.0433. The Morgan fingerprint density at radius 1 is 1.20 bits per heavy atom. The lowest BCUT2D eigenvalue weighted by molar-refractivity contribution is -0.150. The van der Waals surface area contributed by atoms with Crippen molar-refractivity contribution >= 4 is 11.9 Å². The smallest absolute Gasteiger partial charge is 0.326 e. The van der Waals surface area contributed by atoms with E-state index >= 15 is 0 Å². The Labute approximate surface area is 121 Å². The van der Waals surface area contributed by atoms with Crippen molar-refractivity contribution in [2.75, 3.05) is 0 Å². The molecule has 0 aromatic rings. The fourth-order valence-corrected chi connectivity index (χ4v) is 3.65.